The number of carbonyl (C=O) groups excluding carboxylic acids is 1. The average Bonchev–Trinajstić information content (AvgIpc) is 2.55. The molecule has 1 aromatic heterocycles. The van der Waals surface area contributed by atoms with Crippen LogP contribution in [-0.4, -0.2) is 18.0 Å². The van der Waals surface area contributed by atoms with Crippen molar-refractivity contribution in [2.24, 2.45) is 0 Å². The number of aryl methyl sites for hydroxylation is 1. The van der Waals surface area contributed by atoms with Crippen LogP contribution in [0.25, 0.3) is 10.9 Å². The lowest BCUT2D eigenvalue weighted by atomic mass is 10.1. The first-order valence-electron chi connectivity index (χ1n) is 7.10. The fourth-order valence-corrected chi connectivity index (χ4v) is 2.54. The molecule has 3 rings (SSSR count). The summed E-state index contributed by atoms with van der Waals surface area (Å²) >= 11 is 6.08. The highest BCUT2D eigenvalue weighted by molar-refractivity contribution is 6.33. The number of rotatable bonds is 3. The Morgan fingerprint density at radius 3 is 2.70 bits per heavy atom. The first-order valence-corrected chi connectivity index (χ1v) is 7.47. The number of methoxy groups -OCH3 is 1. The van der Waals surface area contributed by atoms with E-state index in [1.54, 1.807) is 19.2 Å². The van der Waals surface area contributed by atoms with Crippen LogP contribution in [0.1, 0.15) is 16.1 Å². The summed E-state index contributed by atoms with van der Waals surface area (Å²) in [7, 11) is 1.60. The second-order valence-electron chi connectivity index (χ2n) is 5.11. The number of carbonyl (C=O) groups is 1. The number of hydrogen-bond donors (Lipinski definition) is 1. The van der Waals surface area contributed by atoms with Crippen molar-refractivity contribution < 1.29 is 9.53 Å². The number of aromatic nitrogens is 1. The third-order valence-electron chi connectivity index (χ3n) is 3.58. The van der Waals surface area contributed by atoms with Crippen LogP contribution >= 0.6 is 11.6 Å². The van der Waals surface area contributed by atoms with Crippen LogP contribution < -0.4 is 10.1 Å². The highest BCUT2D eigenvalue weighted by Gasteiger charge is 2.13. The third-order valence-corrected chi connectivity index (χ3v) is 3.91. The Kier molecular flexibility index (Phi) is 4.17. The second-order valence-corrected chi connectivity index (χ2v) is 5.52. The van der Waals surface area contributed by atoms with Crippen LogP contribution in [0.3, 0.4) is 0 Å². The zero-order valence-corrected chi connectivity index (χ0v) is 13.5. The Hall–Kier alpha value is -2.59. The summed E-state index contributed by atoms with van der Waals surface area (Å²) in [4.78, 5) is 17.0. The predicted molar refractivity (Wildman–Crippen MR) is 92.4 cm³/mol. The Morgan fingerprint density at radius 2 is 1.96 bits per heavy atom. The number of nitrogens with one attached hydrogen (secondary N) is 1. The molecule has 0 atom stereocenters. The van der Waals surface area contributed by atoms with Crippen molar-refractivity contribution in [3.8, 4) is 5.75 Å². The van der Waals surface area contributed by atoms with Gasteiger partial charge >= 0.3 is 0 Å². The van der Waals surface area contributed by atoms with Gasteiger partial charge in [0.25, 0.3) is 5.91 Å². The number of halogens is 1. The lowest BCUT2D eigenvalue weighted by Gasteiger charge is -2.10. The summed E-state index contributed by atoms with van der Waals surface area (Å²) in [5, 5.41) is 4.16. The monoisotopic (exact) mass is 326 g/mol. The number of ether oxygens (including phenoxy) is 1. The van der Waals surface area contributed by atoms with Crippen LogP contribution in [0.2, 0.25) is 5.02 Å². The van der Waals surface area contributed by atoms with Crippen molar-refractivity contribution in [2.75, 3.05) is 12.4 Å². The van der Waals surface area contributed by atoms with Gasteiger partial charge in [0.15, 0.2) is 0 Å². The van der Waals surface area contributed by atoms with E-state index in [2.05, 4.69) is 10.3 Å². The number of benzene rings is 2. The van der Waals surface area contributed by atoms with E-state index >= 15 is 0 Å². The Bertz CT molecular complexity index is 893. The highest BCUT2D eigenvalue weighted by atomic mass is 35.5. The van der Waals surface area contributed by atoms with Gasteiger partial charge in [-0.2, -0.15) is 0 Å². The van der Waals surface area contributed by atoms with Gasteiger partial charge in [-0.3, -0.25) is 9.78 Å². The SMILES string of the molecule is COc1ccc2nc(C)c(C(=O)Nc3ccccc3Cl)cc2c1. The molecule has 0 fully saturated rings. The predicted octanol–water partition coefficient (Wildman–Crippen LogP) is 4.46. The van der Waals surface area contributed by atoms with Crippen molar-refractivity contribution in [1.29, 1.82) is 0 Å². The van der Waals surface area contributed by atoms with E-state index in [0.717, 1.165) is 16.7 Å². The fourth-order valence-electron chi connectivity index (χ4n) is 2.36. The number of nitrogens with zero attached hydrogens (tertiary/aromatic N) is 1. The molecule has 0 spiro atoms. The number of amides is 1. The molecule has 0 saturated carbocycles. The zero-order valence-electron chi connectivity index (χ0n) is 12.8. The van der Waals surface area contributed by atoms with Crippen LogP contribution in [0.4, 0.5) is 5.69 Å². The van der Waals surface area contributed by atoms with E-state index in [1.165, 1.54) is 0 Å². The van der Waals surface area contributed by atoms with E-state index in [0.29, 0.717) is 22.0 Å². The Balaban J connectivity index is 1.99. The summed E-state index contributed by atoms with van der Waals surface area (Å²) < 4.78 is 5.22. The average molecular weight is 327 g/mol. The van der Waals surface area contributed by atoms with Gasteiger partial charge in [-0.05, 0) is 43.3 Å². The Labute approximate surface area is 139 Å². The number of fused-ring (bicyclic) bond motifs is 1. The van der Waals surface area contributed by atoms with Gasteiger partial charge in [-0.25, -0.2) is 0 Å². The van der Waals surface area contributed by atoms with Gasteiger partial charge in [-0.1, -0.05) is 23.7 Å². The van der Waals surface area contributed by atoms with Gasteiger partial charge in [0, 0.05) is 5.39 Å². The summed E-state index contributed by atoms with van der Waals surface area (Å²) in [5.74, 6) is 0.480. The molecular weight excluding hydrogens is 312 g/mol. The molecule has 3 aromatic rings. The number of pyridine rings is 1. The Morgan fingerprint density at radius 1 is 1.17 bits per heavy atom. The van der Waals surface area contributed by atoms with Crippen molar-refractivity contribution in [3.05, 3.63) is 64.8 Å². The zero-order chi connectivity index (χ0) is 16.4. The second kappa shape index (κ2) is 6.26. The van der Waals surface area contributed by atoms with E-state index in [4.69, 9.17) is 16.3 Å². The van der Waals surface area contributed by atoms with Crippen molar-refractivity contribution in [3.63, 3.8) is 0 Å². The van der Waals surface area contributed by atoms with Gasteiger partial charge in [0.05, 0.1) is 34.6 Å². The molecule has 1 N–H and O–H groups in total. The molecule has 2 aromatic carbocycles. The summed E-state index contributed by atoms with van der Waals surface area (Å²) in [5.41, 5.74) is 2.56. The molecular formula is C18H15ClN2O2. The molecule has 23 heavy (non-hydrogen) atoms. The third kappa shape index (κ3) is 3.12. The number of hydrogen-bond acceptors (Lipinski definition) is 3. The quantitative estimate of drug-likeness (QED) is 0.773. The van der Waals surface area contributed by atoms with Crippen LogP contribution in [-0.2, 0) is 0 Å². The maximum Gasteiger partial charge on any atom is 0.257 e. The largest absolute Gasteiger partial charge is 0.497 e. The van der Waals surface area contributed by atoms with Crippen molar-refractivity contribution >= 4 is 34.1 Å². The normalized spacial score (nSPS) is 10.6. The number of anilines is 1. The topological polar surface area (TPSA) is 51.2 Å². The number of para-hydroxylation sites is 1. The van der Waals surface area contributed by atoms with Gasteiger partial charge < -0.3 is 10.1 Å². The van der Waals surface area contributed by atoms with Gasteiger partial charge in [-0.15, -0.1) is 0 Å². The molecule has 0 aliphatic rings. The smallest absolute Gasteiger partial charge is 0.257 e. The molecule has 1 amide bonds. The molecule has 116 valence electrons. The van der Waals surface area contributed by atoms with Crippen molar-refractivity contribution in [1.82, 2.24) is 4.98 Å². The van der Waals surface area contributed by atoms with E-state index in [1.807, 2.05) is 43.3 Å². The lowest BCUT2D eigenvalue weighted by Crippen LogP contribution is -2.14. The molecule has 1 heterocycles. The molecule has 0 radical (unpaired) electrons. The summed E-state index contributed by atoms with van der Waals surface area (Å²) in [6.45, 7) is 1.81. The van der Waals surface area contributed by atoms with E-state index in [9.17, 15) is 4.79 Å². The van der Waals surface area contributed by atoms with Crippen LogP contribution in [0.15, 0.2) is 48.5 Å². The minimum Gasteiger partial charge on any atom is -0.497 e. The molecule has 5 heteroatoms. The minimum absolute atomic E-state index is 0.243. The maximum absolute atomic E-state index is 12.5. The van der Waals surface area contributed by atoms with Crippen LogP contribution in [0.5, 0.6) is 5.75 Å². The summed E-state index contributed by atoms with van der Waals surface area (Å²) in [6, 6.07) is 14.5. The molecule has 0 saturated heterocycles. The molecule has 0 unspecified atom stereocenters. The maximum atomic E-state index is 12.5. The van der Waals surface area contributed by atoms with Crippen LogP contribution in [0, 0.1) is 6.92 Å². The van der Waals surface area contributed by atoms with E-state index < -0.39 is 0 Å². The minimum atomic E-state index is -0.243. The lowest BCUT2D eigenvalue weighted by molar-refractivity contribution is 0.102. The van der Waals surface area contributed by atoms with Gasteiger partial charge in [0.1, 0.15) is 5.75 Å². The fraction of sp³-hybridized carbons (Fsp3) is 0.111. The van der Waals surface area contributed by atoms with Gasteiger partial charge in [0.2, 0.25) is 0 Å². The molecule has 0 bridgehead atoms. The highest BCUT2D eigenvalue weighted by Crippen LogP contribution is 2.24. The molecule has 0 aliphatic heterocycles. The first-order chi connectivity index (χ1) is 11.1. The van der Waals surface area contributed by atoms with Crippen molar-refractivity contribution in [2.45, 2.75) is 6.92 Å². The summed E-state index contributed by atoms with van der Waals surface area (Å²) in [6.07, 6.45) is 0. The standard InChI is InChI=1S/C18H15ClN2O2/c1-11-14(18(22)21-17-6-4-3-5-15(17)19)10-12-9-13(23-2)7-8-16(12)20-11/h3-10H,1-2H3,(H,21,22). The van der Waals surface area contributed by atoms with E-state index in [-0.39, 0.29) is 5.91 Å². The molecule has 4 nitrogen and oxygen atoms in total. The first kappa shape index (κ1) is 15.3. The molecule has 0 aliphatic carbocycles.